The van der Waals surface area contributed by atoms with Gasteiger partial charge in [-0.05, 0) is 72.6 Å². The zero-order chi connectivity index (χ0) is 23.5. The number of hydrogen-bond acceptors (Lipinski definition) is 5. The van der Waals surface area contributed by atoms with Crippen LogP contribution in [-0.4, -0.2) is 65.3 Å². The lowest BCUT2D eigenvalue weighted by molar-refractivity contribution is 0.00781. The van der Waals surface area contributed by atoms with Gasteiger partial charge in [0.25, 0.3) is 0 Å². The molecule has 0 aromatic heterocycles. The average Bonchev–Trinajstić information content (AvgIpc) is 2.73. The Labute approximate surface area is 194 Å². The highest BCUT2D eigenvalue weighted by Gasteiger charge is 2.39. The first kappa shape index (κ1) is 24.5. The highest BCUT2D eigenvalue weighted by molar-refractivity contribution is 6.42. The van der Waals surface area contributed by atoms with Gasteiger partial charge >= 0.3 is 6.09 Å². The van der Waals surface area contributed by atoms with Gasteiger partial charge in [0.1, 0.15) is 11.4 Å². The summed E-state index contributed by atoms with van der Waals surface area (Å²) in [5.74, 6) is 1.96. The molecule has 1 amide bonds. The number of amides is 1. The van der Waals surface area contributed by atoms with Crippen LogP contribution in [0.1, 0.15) is 73.6 Å². The third-order valence-electron chi connectivity index (χ3n) is 7.00. The summed E-state index contributed by atoms with van der Waals surface area (Å²) in [6.45, 7) is 13.9. The third-order valence-corrected chi connectivity index (χ3v) is 7.00. The van der Waals surface area contributed by atoms with Crippen molar-refractivity contribution in [3.05, 3.63) is 23.9 Å². The maximum atomic E-state index is 12.5. The maximum absolute atomic E-state index is 12.5. The summed E-state index contributed by atoms with van der Waals surface area (Å²) in [5.41, 5.74) is 1.98. The van der Waals surface area contributed by atoms with Crippen LogP contribution in [-0.2, 0) is 4.74 Å². The average molecular weight is 443 g/mol. The van der Waals surface area contributed by atoms with Gasteiger partial charge in [0, 0.05) is 32.3 Å². The quantitative estimate of drug-likeness (QED) is 0.507. The van der Waals surface area contributed by atoms with Crippen molar-refractivity contribution in [1.29, 1.82) is 0 Å². The molecule has 1 fully saturated rings. The Kier molecular flexibility index (Phi) is 7.84. The number of carbonyl (C=O) groups is 1. The minimum absolute atomic E-state index is 0.120. The van der Waals surface area contributed by atoms with E-state index >= 15 is 0 Å². The van der Waals surface area contributed by atoms with Crippen LogP contribution in [0.3, 0.4) is 0 Å². The summed E-state index contributed by atoms with van der Waals surface area (Å²) in [6.07, 6.45) is 12.1. The Bertz CT molecular complexity index is 799. The van der Waals surface area contributed by atoms with Crippen LogP contribution in [0.25, 0.3) is 0 Å². The van der Waals surface area contributed by atoms with Crippen LogP contribution in [0.2, 0.25) is 0 Å². The second kappa shape index (κ2) is 10.2. The molecule has 3 unspecified atom stereocenters. The van der Waals surface area contributed by atoms with E-state index in [0.29, 0.717) is 11.8 Å². The summed E-state index contributed by atoms with van der Waals surface area (Å²) in [5, 5.41) is 0. The molecule has 32 heavy (non-hydrogen) atoms. The Morgan fingerprint density at radius 2 is 1.91 bits per heavy atom. The van der Waals surface area contributed by atoms with Crippen molar-refractivity contribution in [3.8, 4) is 0 Å². The van der Waals surface area contributed by atoms with Crippen molar-refractivity contribution in [2.45, 2.75) is 91.3 Å². The second-order valence-electron chi connectivity index (χ2n) is 10.7. The lowest BCUT2D eigenvalue weighted by Gasteiger charge is -2.46. The molecule has 178 valence electrons. The van der Waals surface area contributed by atoms with Crippen molar-refractivity contribution >= 4 is 17.6 Å². The zero-order valence-electron chi connectivity index (χ0n) is 21.1. The Morgan fingerprint density at radius 1 is 1.19 bits per heavy atom. The van der Waals surface area contributed by atoms with Gasteiger partial charge in [0.2, 0.25) is 0 Å². The summed E-state index contributed by atoms with van der Waals surface area (Å²) in [7, 11) is 1.83. The molecule has 0 aliphatic carbocycles. The lowest BCUT2D eigenvalue weighted by Crippen LogP contribution is -2.63. The van der Waals surface area contributed by atoms with E-state index < -0.39 is 5.60 Å². The first-order valence-electron chi connectivity index (χ1n) is 12.2. The minimum Gasteiger partial charge on any atom is -0.444 e. The van der Waals surface area contributed by atoms with Gasteiger partial charge in [-0.3, -0.25) is 4.99 Å². The predicted octanol–water partition coefficient (Wildman–Crippen LogP) is 5.46. The molecule has 0 saturated carbocycles. The van der Waals surface area contributed by atoms with Gasteiger partial charge in [0.15, 0.2) is 0 Å². The molecule has 0 aromatic carbocycles. The molecule has 0 N–H and O–H groups in total. The number of amidine groups is 1. The molecule has 0 aromatic rings. The first-order chi connectivity index (χ1) is 15.1. The van der Waals surface area contributed by atoms with Gasteiger partial charge in [0.05, 0.1) is 17.8 Å². The van der Waals surface area contributed by atoms with E-state index in [1.807, 2.05) is 34.0 Å². The predicted molar refractivity (Wildman–Crippen MR) is 132 cm³/mol. The summed E-state index contributed by atoms with van der Waals surface area (Å²) in [4.78, 5) is 26.6. The molecule has 3 rings (SSSR count). The van der Waals surface area contributed by atoms with E-state index in [-0.39, 0.29) is 18.2 Å². The second-order valence-corrected chi connectivity index (χ2v) is 10.7. The van der Waals surface area contributed by atoms with E-state index in [1.165, 1.54) is 24.8 Å². The van der Waals surface area contributed by atoms with Crippen LogP contribution in [0.15, 0.2) is 33.9 Å². The highest BCUT2D eigenvalue weighted by atomic mass is 16.6. The Balaban J connectivity index is 1.82. The Hall–Kier alpha value is -2.11. The molecule has 3 heterocycles. The number of fused-ring (bicyclic) bond motifs is 2. The van der Waals surface area contributed by atoms with Gasteiger partial charge in [-0.1, -0.05) is 24.6 Å². The van der Waals surface area contributed by atoms with E-state index in [9.17, 15) is 4.79 Å². The molecule has 6 nitrogen and oxygen atoms in total. The van der Waals surface area contributed by atoms with E-state index in [2.05, 4.69) is 37.8 Å². The summed E-state index contributed by atoms with van der Waals surface area (Å²) in [6, 6.07) is 0.275. The molecule has 1 saturated heterocycles. The van der Waals surface area contributed by atoms with E-state index in [4.69, 9.17) is 14.7 Å². The normalized spacial score (nSPS) is 27.7. The molecular weight excluding hydrogens is 400 g/mol. The number of aliphatic imine (C=N–C) groups is 2. The number of hydrogen-bond donors (Lipinski definition) is 0. The molecule has 0 radical (unpaired) electrons. The van der Waals surface area contributed by atoms with E-state index in [1.54, 1.807) is 4.90 Å². The molecule has 3 aliphatic rings. The molecule has 3 atom stereocenters. The number of nitrogens with zero attached hydrogens (tertiary/aromatic N) is 4. The lowest BCUT2D eigenvalue weighted by atomic mass is 9.81. The number of ether oxygens (including phenoxy) is 1. The number of likely N-dealkylation sites (N-methyl/N-ethyl adjacent to an activating group) is 1. The minimum atomic E-state index is -0.488. The molecule has 2 bridgehead atoms. The van der Waals surface area contributed by atoms with Gasteiger partial charge < -0.3 is 14.5 Å². The van der Waals surface area contributed by atoms with E-state index in [0.717, 1.165) is 37.5 Å². The van der Waals surface area contributed by atoms with Gasteiger partial charge in [-0.2, -0.15) is 0 Å². The van der Waals surface area contributed by atoms with Crippen molar-refractivity contribution in [3.63, 3.8) is 0 Å². The third kappa shape index (κ3) is 6.02. The standard InChI is InChI=1S/C26H42N4O2/c1-18-12-8-9-13-21-14-10-11-15-27-24(23(19(21)2)28-20(18)3)30-16-22(17-30)29(7)25(31)32-26(4,5)6/h11-12,15,19-22H,8-10,13-14,16-17H2,1-7H3. The number of likely N-dealkylation sites (tertiary alicyclic amines) is 1. The van der Waals surface area contributed by atoms with Crippen molar-refractivity contribution in [1.82, 2.24) is 9.80 Å². The SMILES string of the molecule is CC1=CCCCC2CCC=CN=C(N3CC(N(C)C(=O)OC(C)(C)C)C3)C(=NC1C)C2C. The fourth-order valence-corrected chi connectivity index (χ4v) is 4.61. The van der Waals surface area contributed by atoms with Crippen LogP contribution < -0.4 is 0 Å². The molecule has 0 spiro atoms. The van der Waals surface area contributed by atoms with Crippen LogP contribution in [0, 0.1) is 11.8 Å². The molecular formula is C26H42N4O2. The van der Waals surface area contributed by atoms with Crippen LogP contribution in [0.5, 0.6) is 0 Å². The number of carbonyl (C=O) groups excluding carboxylic acids is 1. The molecule has 6 heteroatoms. The fourth-order valence-electron chi connectivity index (χ4n) is 4.61. The Morgan fingerprint density at radius 3 is 2.59 bits per heavy atom. The highest BCUT2D eigenvalue weighted by Crippen LogP contribution is 2.30. The first-order valence-corrected chi connectivity index (χ1v) is 12.2. The van der Waals surface area contributed by atoms with Gasteiger partial charge in [-0.25, -0.2) is 9.79 Å². The van der Waals surface area contributed by atoms with Crippen molar-refractivity contribution < 1.29 is 9.53 Å². The molecule has 3 aliphatic heterocycles. The summed E-state index contributed by atoms with van der Waals surface area (Å²) >= 11 is 0. The monoisotopic (exact) mass is 442 g/mol. The van der Waals surface area contributed by atoms with Crippen molar-refractivity contribution in [2.75, 3.05) is 20.1 Å². The zero-order valence-corrected chi connectivity index (χ0v) is 21.1. The van der Waals surface area contributed by atoms with Crippen molar-refractivity contribution in [2.24, 2.45) is 21.8 Å². The smallest absolute Gasteiger partial charge is 0.410 e. The fraction of sp³-hybridized carbons (Fsp3) is 0.731. The summed E-state index contributed by atoms with van der Waals surface area (Å²) < 4.78 is 5.55. The largest absolute Gasteiger partial charge is 0.444 e. The van der Waals surface area contributed by atoms with Crippen LogP contribution in [0.4, 0.5) is 4.79 Å². The van der Waals surface area contributed by atoms with Crippen LogP contribution >= 0.6 is 0 Å². The number of allylic oxidation sites excluding steroid dienone is 2. The topological polar surface area (TPSA) is 57.5 Å². The number of rotatable bonds is 1. The van der Waals surface area contributed by atoms with Gasteiger partial charge in [-0.15, -0.1) is 0 Å². The maximum Gasteiger partial charge on any atom is 0.410 e.